The lowest BCUT2D eigenvalue weighted by Crippen LogP contribution is -2.23. The molecule has 4 unspecified atom stereocenters. The Morgan fingerprint density at radius 2 is 1.58 bits per heavy atom. The van der Waals surface area contributed by atoms with Crippen molar-refractivity contribution >= 4 is 0 Å². The molecule has 3 aliphatic rings. The van der Waals surface area contributed by atoms with Crippen LogP contribution in [0.15, 0.2) is 67.8 Å². The highest BCUT2D eigenvalue weighted by Crippen LogP contribution is 2.65. The molecular formula is C25H26O. The van der Waals surface area contributed by atoms with Crippen LogP contribution in [0.25, 0.3) is 11.1 Å². The van der Waals surface area contributed by atoms with Crippen LogP contribution in [-0.4, -0.2) is 7.11 Å². The Morgan fingerprint density at radius 3 is 2.23 bits per heavy atom. The summed E-state index contributed by atoms with van der Waals surface area (Å²) in [5.74, 6) is 3.61. The second-order valence-corrected chi connectivity index (χ2v) is 8.31. The van der Waals surface area contributed by atoms with Gasteiger partial charge in [0, 0.05) is 5.41 Å². The summed E-state index contributed by atoms with van der Waals surface area (Å²) in [6, 6.07) is 15.7. The van der Waals surface area contributed by atoms with E-state index in [1.165, 1.54) is 41.5 Å². The number of fused-ring (bicyclic) bond motifs is 6. The van der Waals surface area contributed by atoms with Crippen LogP contribution in [0, 0.1) is 23.7 Å². The van der Waals surface area contributed by atoms with Crippen LogP contribution < -0.4 is 4.74 Å². The maximum atomic E-state index is 5.59. The molecule has 0 radical (unpaired) electrons. The lowest BCUT2D eigenvalue weighted by atomic mass is 9.73. The summed E-state index contributed by atoms with van der Waals surface area (Å²) >= 11 is 0. The lowest BCUT2D eigenvalue weighted by Gasteiger charge is -2.30. The van der Waals surface area contributed by atoms with Crippen molar-refractivity contribution < 1.29 is 4.74 Å². The van der Waals surface area contributed by atoms with Gasteiger partial charge >= 0.3 is 0 Å². The van der Waals surface area contributed by atoms with E-state index < -0.39 is 0 Å². The largest absolute Gasteiger partial charge is 0.497 e. The van der Waals surface area contributed by atoms with E-state index in [4.69, 9.17) is 4.74 Å². The van der Waals surface area contributed by atoms with Gasteiger partial charge in [0.25, 0.3) is 0 Å². The fourth-order valence-corrected chi connectivity index (χ4v) is 6.34. The van der Waals surface area contributed by atoms with E-state index in [9.17, 15) is 0 Å². The van der Waals surface area contributed by atoms with E-state index in [-0.39, 0.29) is 5.41 Å². The molecule has 5 rings (SSSR count). The van der Waals surface area contributed by atoms with Gasteiger partial charge in [-0.2, -0.15) is 0 Å². The average molecular weight is 342 g/mol. The summed E-state index contributed by atoms with van der Waals surface area (Å²) in [5, 5.41) is 0. The highest BCUT2D eigenvalue weighted by atomic mass is 16.5. The minimum Gasteiger partial charge on any atom is -0.497 e. The summed E-state index contributed by atoms with van der Waals surface area (Å²) in [5.41, 5.74) is 5.92. The van der Waals surface area contributed by atoms with Crippen molar-refractivity contribution in [2.24, 2.45) is 23.7 Å². The van der Waals surface area contributed by atoms with Crippen molar-refractivity contribution in [2.75, 3.05) is 7.11 Å². The molecule has 26 heavy (non-hydrogen) atoms. The molecule has 0 N–H and O–H groups in total. The Kier molecular flexibility index (Phi) is 3.44. The van der Waals surface area contributed by atoms with Gasteiger partial charge in [-0.1, -0.05) is 42.5 Å². The van der Waals surface area contributed by atoms with Gasteiger partial charge in [-0.15, -0.1) is 13.2 Å². The molecule has 0 saturated heterocycles. The Balaban J connectivity index is 1.70. The molecule has 3 aliphatic carbocycles. The van der Waals surface area contributed by atoms with Gasteiger partial charge in [0.15, 0.2) is 0 Å². The van der Waals surface area contributed by atoms with Gasteiger partial charge < -0.3 is 4.74 Å². The molecule has 1 spiro atoms. The molecule has 1 heteroatoms. The summed E-state index contributed by atoms with van der Waals surface area (Å²) in [6.07, 6.45) is 8.07. The van der Waals surface area contributed by atoms with E-state index in [1.54, 1.807) is 7.11 Å². The zero-order valence-corrected chi connectivity index (χ0v) is 15.4. The fourth-order valence-electron chi connectivity index (χ4n) is 6.34. The van der Waals surface area contributed by atoms with Crippen LogP contribution in [0.1, 0.15) is 30.4 Å². The highest BCUT2D eigenvalue weighted by Gasteiger charge is 2.57. The maximum absolute atomic E-state index is 5.59. The number of benzene rings is 2. The first-order chi connectivity index (χ1) is 12.7. The topological polar surface area (TPSA) is 9.23 Å². The molecule has 2 aromatic carbocycles. The van der Waals surface area contributed by atoms with Gasteiger partial charge in [-0.25, -0.2) is 0 Å². The van der Waals surface area contributed by atoms with E-state index in [0.717, 1.165) is 5.75 Å². The summed E-state index contributed by atoms with van der Waals surface area (Å²) in [6.45, 7) is 8.30. The fraction of sp³-hybridized carbons (Fsp3) is 0.360. The summed E-state index contributed by atoms with van der Waals surface area (Å²) in [7, 11) is 1.77. The zero-order valence-electron chi connectivity index (χ0n) is 15.4. The number of hydrogen-bond donors (Lipinski definition) is 0. The number of hydrogen-bond acceptors (Lipinski definition) is 1. The zero-order chi connectivity index (χ0) is 17.9. The normalized spacial score (nSPS) is 33.6. The van der Waals surface area contributed by atoms with Crippen LogP contribution >= 0.6 is 0 Å². The van der Waals surface area contributed by atoms with Crippen LogP contribution in [0.2, 0.25) is 0 Å². The third kappa shape index (κ3) is 1.92. The van der Waals surface area contributed by atoms with E-state index in [1.807, 2.05) is 0 Å². The first kappa shape index (κ1) is 15.9. The van der Waals surface area contributed by atoms with E-state index in [0.29, 0.717) is 23.7 Å². The van der Waals surface area contributed by atoms with Crippen molar-refractivity contribution in [1.29, 1.82) is 0 Å². The van der Waals surface area contributed by atoms with Gasteiger partial charge in [0.1, 0.15) is 5.75 Å². The molecule has 0 heterocycles. The molecule has 1 nitrogen and oxygen atoms in total. The molecule has 2 saturated carbocycles. The second-order valence-electron chi connectivity index (χ2n) is 8.31. The molecule has 2 aromatic rings. The standard InChI is InChI=1S/C25H26O/c1-4-16-12-17(5-2)22-15-25(14-21(16)22)23-9-7-6-8-19(23)20-11-10-18(26-3)13-24(20)25/h4-11,13,16-17,21-22H,1-2,12,14-15H2,3H3. The molecule has 0 amide bonds. The first-order valence-corrected chi connectivity index (χ1v) is 9.75. The number of rotatable bonds is 3. The van der Waals surface area contributed by atoms with Crippen molar-refractivity contribution in [3.05, 3.63) is 78.9 Å². The van der Waals surface area contributed by atoms with Crippen molar-refractivity contribution in [3.8, 4) is 16.9 Å². The lowest BCUT2D eigenvalue weighted by molar-refractivity contribution is 0.381. The van der Waals surface area contributed by atoms with Gasteiger partial charge in [-0.05, 0) is 77.3 Å². The van der Waals surface area contributed by atoms with Crippen molar-refractivity contribution in [3.63, 3.8) is 0 Å². The predicted molar refractivity (Wildman–Crippen MR) is 107 cm³/mol. The SMILES string of the molecule is C=CC1CC(C=C)C2CC3(CC12)c1ccccc1-c1ccc(OC)cc13. The smallest absolute Gasteiger partial charge is 0.119 e. The molecule has 0 bridgehead atoms. The van der Waals surface area contributed by atoms with Gasteiger partial charge in [0.05, 0.1) is 7.11 Å². The predicted octanol–water partition coefficient (Wildman–Crippen LogP) is 6.00. The van der Waals surface area contributed by atoms with Crippen LogP contribution in [0.4, 0.5) is 0 Å². The van der Waals surface area contributed by atoms with Crippen LogP contribution in [0.3, 0.4) is 0 Å². The number of ether oxygens (including phenoxy) is 1. The monoisotopic (exact) mass is 342 g/mol. The van der Waals surface area contributed by atoms with Gasteiger partial charge in [-0.3, -0.25) is 0 Å². The third-order valence-corrected chi connectivity index (χ3v) is 7.44. The number of methoxy groups -OCH3 is 1. The minimum absolute atomic E-state index is 0.124. The van der Waals surface area contributed by atoms with Gasteiger partial charge in [0.2, 0.25) is 0 Å². The maximum Gasteiger partial charge on any atom is 0.119 e. The van der Waals surface area contributed by atoms with Crippen LogP contribution in [-0.2, 0) is 5.41 Å². The van der Waals surface area contributed by atoms with E-state index >= 15 is 0 Å². The Hall–Kier alpha value is -2.28. The van der Waals surface area contributed by atoms with Crippen LogP contribution in [0.5, 0.6) is 5.75 Å². The van der Waals surface area contributed by atoms with Crippen molar-refractivity contribution in [1.82, 2.24) is 0 Å². The molecule has 0 aromatic heterocycles. The summed E-state index contributed by atoms with van der Waals surface area (Å²) in [4.78, 5) is 0. The Bertz CT molecular complexity index is 871. The quantitative estimate of drug-likeness (QED) is 0.622. The first-order valence-electron chi connectivity index (χ1n) is 9.75. The molecule has 2 fully saturated rings. The minimum atomic E-state index is 0.124. The number of allylic oxidation sites excluding steroid dienone is 2. The molecule has 132 valence electrons. The molecular weight excluding hydrogens is 316 g/mol. The summed E-state index contributed by atoms with van der Waals surface area (Å²) < 4.78 is 5.59. The van der Waals surface area contributed by atoms with E-state index in [2.05, 4.69) is 67.8 Å². The molecule has 4 atom stereocenters. The Morgan fingerprint density at radius 1 is 0.923 bits per heavy atom. The average Bonchev–Trinajstić information content (AvgIpc) is 3.31. The molecule has 0 aliphatic heterocycles. The Labute approximate surface area is 156 Å². The second kappa shape index (κ2) is 5.61. The van der Waals surface area contributed by atoms with Crippen molar-refractivity contribution in [2.45, 2.75) is 24.7 Å². The highest BCUT2D eigenvalue weighted by molar-refractivity contribution is 5.82. The third-order valence-electron chi connectivity index (χ3n) is 7.44.